The van der Waals surface area contributed by atoms with E-state index in [4.69, 9.17) is 16.6 Å². The van der Waals surface area contributed by atoms with Crippen molar-refractivity contribution >= 4 is 35.6 Å². The SMILES string of the molecule is CCC(C)C(NC(=O)C(N)CCC(=O)O)C(=O)NC(Cc1cnc[nH]1)C(=O)NC(CC(N)=O)C(=O)O. The highest BCUT2D eigenvalue weighted by Crippen LogP contribution is 2.10. The van der Waals surface area contributed by atoms with Crippen LogP contribution in [0.3, 0.4) is 0 Å². The van der Waals surface area contributed by atoms with Gasteiger partial charge in [0.15, 0.2) is 0 Å². The van der Waals surface area contributed by atoms with Gasteiger partial charge >= 0.3 is 11.9 Å². The summed E-state index contributed by atoms with van der Waals surface area (Å²) in [5.74, 6) is -6.36. The number of nitrogens with two attached hydrogens (primary N) is 2. The molecule has 0 saturated carbocycles. The maximum Gasteiger partial charge on any atom is 0.326 e. The second kappa shape index (κ2) is 14.4. The highest BCUT2D eigenvalue weighted by atomic mass is 16.4. The summed E-state index contributed by atoms with van der Waals surface area (Å²) in [6.07, 6.45) is 1.96. The maximum absolute atomic E-state index is 13.2. The number of amides is 4. The Morgan fingerprint density at radius 2 is 1.67 bits per heavy atom. The van der Waals surface area contributed by atoms with Crippen molar-refractivity contribution in [3.63, 3.8) is 0 Å². The molecule has 36 heavy (non-hydrogen) atoms. The molecular weight excluding hydrogens is 478 g/mol. The molecule has 15 heteroatoms. The summed E-state index contributed by atoms with van der Waals surface area (Å²) in [5.41, 5.74) is 11.2. The standard InChI is InChI=1S/C21H33N7O8/c1-3-10(2)17(28-18(32)12(22)4-5-16(30)31)20(34)26-13(6-11-8-24-9-25-11)19(33)27-14(21(35)36)7-15(23)29/h8-10,12-14,17H,3-7,22H2,1-2H3,(H2,23,29)(H,24,25)(H,26,34)(H,27,33)(H,28,32)(H,30,31)(H,35,36). The Labute approximate surface area is 206 Å². The molecule has 5 unspecified atom stereocenters. The lowest BCUT2D eigenvalue weighted by atomic mass is 9.97. The zero-order valence-electron chi connectivity index (χ0n) is 20.0. The quantitative estimate of drug-likeness (QED) is 0.117. The predicted molar refractivity (Wildman–Crippen MR) is 124 cm³/mol. The second-order valence-corrected chi connectivity index (χ2v) is 8.32. The molecule has 0 bridgehead atoms. The summed E-state index contributed by atoms with van der Waals surface area (Å²) in [5, 5.41) is 25.3. The van der Waals surface area contributed by atoms with Crippen molar-refractivity contribution in [3.8, 4) is 0 Å². The summed E-state index contributed by atoms with van der Waals surface area (Å²) >= 11 is 0. The molecule has 10 N–H and O–H groups in total. The number of imidazole rings is 1. The van der Waals surface area contributed by atoms with Crippen LogP contribution in [0.4, 0.5) is 0 Å². The average molecular weight is 512 g/mol. The van der Waals surface area contributed by atoms with E-state index in [1.165, 1.54) is 12.5 Å². The van der Waals surface area contributed by atoms with Crippen LogP contribution in [0.25, 0.3) is 0 Å². The van der Waals surface area contributed by atoms with Crippen LogP contribution in [0.5, 0.6) is 0 Å². The molecule has 15 nitrogen and oxygen atoms in total. The molecule has 1 aromatic heterocycles. The Kier molecular flexibility index (Phi) is 12.0. The molecule has 1 rings (SSSR count). The van der Waals surface area contributed by atoms with Gasteiger partial charge in [-0.15, -0.1) is 0 Å². The molecule has 0 aromatic carbocycles. The number of carboxylic acid groups (broad SMARTS) is 2. The summed E-state index contributed by atoms with van der Waals surface area (Å²) in [6, 6.07) is -5.23. The highest BCUT2D eigenvalue weighted by molar-refractivity contribution is 5.95. The van der Waals surface area contributed by atoms with Crippen LogP contribution in [-0.2, 0) is 35.2 Å². The zero-order chi connectivity index (χ0) is 27.4. The molecule has 0 fully saturated rings. The number of aromatic nitrogens is 2. The van der Waals surface area contributed by atoms with Crippen LogP contribution in [0.1, 0.15) is 45.2 Å². The molecular formula is C21H33N7O8. The fourth-order valence-corrected chi connectivity index (χ4v) is 3.13. The number of carbonyl (C=O) groups excluding carboxylic acids is 4. The molecule has 1 aromatic rings. The first-order valence-corrected chi connectivity index (χ1v) is 11.2. The van der Waals surface area contributed by atoms with Crippen LogP contribution >= 0.6 is 0 Å². The van der Waals surface area contributed by atoms with Crippen LogP contribution in [0, 0.1) is 5.92 Å². The van der Waals surface area contributed by atoms with E-state index in [2.05, 4.69) is 25.9 Å². The van der Waals surface area contributed by atoms with Gasteiger partial charge in [0.2, 0.25) is 23.6 Å². The monoisotopic (exact) mass is 511 g/mol. The lowest BCUT2D eigenvalue weighted by Crippen LogP contribution is -2.59. The normalized spacial score (nSPS) is 15.0. The Morgan fingerprint density at radius 1 is 1.03 bits per heavy atom. The topological polar surface area (TPSA) is 260 Å². The number of nitrogens with zero attached hydrogens (tertiary/aromatic N) is 1. The predicted octanol–water partition coefficient (Wildman–Crippen LogP) is -2.40. The maximum atomic E-state index is 13.2. The minimum atomic E-state index is -1.62. The molecule has 0 saturated heterocycles. The van der Waals surface area contributed by atoms with Crippen molar-refractivity contribution in [2.45, 2.75) is 70.1 Å². The van der Waals surface area contributed by atoms with Gasteiger partial charge in [-0.1, -0.05) is 20.3 Å². The van der Waals surface area contributed by atoms with Crippen molar-refractivity contribution in [2.75, 3.05) is 0 Å². The third kappa shape index (κ3) is 10.1. The molecule has 0 spiro atoms. The number of hydrogen-bond donors (Lipinski definition) is 8. The Balaban J connectivity index is 3.07. The molecule has 0 aliphatic heterocycles. The minimum Gasteiger partial charge on any atom is -0.481 e. The fraction of sp³-hybridized carbons (Fsp3) is 0.571. The van der Waals surface area contributed by atoms with Crippen molar-refractivity contribution in [1.29, 1.82) is 0 Å². The number of carbonyl (C=O) groups is 6. The Bertz CT molecular complexity index is 937. The van der Waals surface area contributed by atoms with Crippen LogP contribution in [0.2, 0.25) is 0 Å². The first kappa shape index (κ1) is 30.0. The number of H-pyrrole nitrogens is 1. The van der Waals surface area contributed by atoms with E-state index in [1.54, 1.807) is 13.8 Å². The van der Waals surface area contributed by atoms with E-state index in [9.17, 15) is 33.9 Å². The highest BCUT2D eigenvalue weighted by Gasteiger charge is 2.33. The molecule has 0 aliphatic carbocycles. The van der Waals surface area contributed by atoms with Gasteiger partial charge in [-0.05, 0) is 12.3 Å². The van der Waals surface area contributed by atoms with E-state index in [1.807, 2.05) is 0 Å². The summed E-state index contributed by atoms with van der Waals surface area (Å²) in [7, 11) is 0. The lowest BCUT2D eigenvalue weighted by molar-refractivity contribution is -0.144. The van der Waals surface area contributed by atoms with Gasteiger partial charge in [0.1, 0.15) is 18.1 Å². The van der Waals surface area contributed by atoms with Crippen molar-refractivity contribution in [2.24, 2.45) is 17.4 Å². The second-order valence-electron chi connectivity index (χ2n) is 8.32. The van der Waals surface area contributed by atoms with Gasteiger partial charge in [-0.25, -0.2) is 9.78 Å². The minimum absolute atomic E-state index is 0.111. The number of aliphatic carboxylic acids is 2. The number of hydrogen-bond acceptors (Lipinski definition) is 8. The van der Waals surface area contributed by atoms with E-state index in [-0.39, 0.29) is 19.3 Å². The molecule has 5 atom stereocenters. The number of primary amides is 1. The van der Waals surface area contributed by atoms with Crippen molar-refractivity contribution in [3.05, 3.63) is 18.2 Å². The lowest BCUT2D eigenvalue weighted by Gasteiger charge is -2.27. The van der Waals surface area contributed by atoms with E-state index < -0.39 is 72.1 Å². The largest absolute Gasteiger partial charge is 0.481 e. The average Bonchev–Trinajstić information content (AvgIpc) is 3.31. The van der Waals surface area contributed by atoms with Crippen LogP contribution in [0.15, 0.2) is 12.5 Å². The first-order valence-electron chi connectivity index (χ1n) is 11.2. The van der Waals surface area contributed by atoms with Crippen molar-refractivity contribution in [1.82, 2.24) is 25.9 Å². The molecule has 1 heterocycles. The van der Waals surface area contributed by atoms with Gasteiger partial charge in [0, 0.05) is 24.7 Å². The van der Waals surface area contributed by atoms with E-state index >= 15 is 0 Å². The van der Waals surface area contributed by atoms with Gasteiger partial charge < -0.3 is 42.6 Å². The van der Waals surface area contributed by atoms with Gasteiger partial charge in [-0.3, -0.25) is 24.0 Å². The summed E-state index contributed by atoms with van der Waals surface area (Å²) < 4.78 is 0. The van der Waals surface area contributed by atoms with Crippen LogP contribution in [-0.4, -0.2) is 79.9 Å². The summed E-state index contributed by atoms with van der Waals surface area (Å²) in [4.78, 5) is 78.5. The van der Waals surface area contributed by atoms with E-state index in [0.717, 1.165) is 0 Å². The zero-order valence-corrected chi connectivity index (χ0v) is 20.0. The number of aromatic amines is 1. The van der Waals surface area contributed by atoms with Gasteiger partial charge in [0.05, 0.1) is 18.8 Å². The summed E-state index contributed by atoms with van der Waals surface area (Å²) in [6.45, 7) is 3.46. The Morgan fingerprint density at radius 3 is 2.17 bits per heavy atom. The number of carboxylic acids is 2. The Hall–Kier alpha value is -4.01. The van der Waals surface area contributed by atoms with Crippen molar-refractivity contribution < 1.29 is 39.0 Å². The van der Waals surface area contributed by atoms with Gasteiger partial charge in [0.25, 0.3) is 0 Å². The van der Waals surface area contributed by atoms with Gasteiger partial charge in [-0.2, -0.15) is 0 Å². The fourth-order valence-electron chi connectivity index (χ4n) is 3.13. The molecule has 0 radical (unpaired) electrons. The van der Waals surface area contributed by atoms with E-state index in [0.29, 0.717) is 12.1 Å². The smallest absolute Gasteiger partial charge is 0.326 e. The third-order valence-corrected chi connectivity index (χ3v) is 5.43. The molecule has 4 amide bonds. The number of rotatable bonds is 16. The first-order chi connectivity index (χ1) is 16.8. The van der Waals surface area contributed by atoms with Crippen LogP contribution < -0.4 is 27.4 Å². The third-order valence-electron chi connectivity index (χ3n) is 5.43. The molecule has 200 valence electrons. The molecule has 0 aliphatic rings. The number of nitrogens with one attached hydrogen (secondary N) is 4.